The molecule has 1 heterocycles. The van der Waals surface area contributed by atoms with Gasteiger partial charge in [0.25, 0.3) is 0 Å². The number of hydrogen-bond donors (Lipinski definition) is 1. The van der Waals surface area contributed by atoms with Gasteiger partial charge in [-0.05, 0) is 56.8 Å². The van der Waals surface area contributed by atoms with E-state index in [1.54, 1.807) is 14.2 Å². The lowest BCUT2D eigenvalue weighted by Crippen LogP contribution is -2.58. The molecule has 5 nitrogen and oxygen atoms in total. The van der Waals surface area contributed by atoms with E-state index in [1.165, 1.54) is 64.5 Å². The third-order valence-corrected chi connectivity index (χ3v) is 6.53. The highest BCUT2D eigenvalue weighted by molar-refractivity contribution is 5.76. The molecule has 1 aliphatic heterocycles. The SMILES string of the molecule is COc1cccc(CCC(=O)NCC2(N3CCCCC3)CCCCC2)c1OC. The second-order valence-electron chi connectivity index (χ2n) is 8.26. The molecule has 0 radical (unpaired) electrons. The Kier molecular flexibility index (Phi) is 7.60. The molecule has 2 aliphatic rings. The topological polar surface area (TPSA) is 50.8 Å². The zero-order valence-corrected chi connectivity index (χ0v) is 17.6. The first-order chi connectivity index (χ1) is 13.7. The maximum Gasteiger partial charge on any atom is 0.220 e. The van der Waals surface area contributed by atoms with Crippen molar-refractivity contribution < 1.29 is 14.3 Å². The number of nitrogens with one attached hydrogen (secondary N) is 1. The Balaban J connectivity index is 1.56. The number of hydrogen-bond acceptors (Lipinski definition) is 4. The minimum absolute atomic E-state index is 0.131. The van der Waals surface area contributed by atoms with E-state index < -0.39 is 0 Å². The molecule has 1 saturated carbocycles. The van der Waals surface area contributed by atoms with E-state index in [0.29, 0.717) is 18.6 Å². The first kappa shape index (κ1) is 21.0. The van der Waals surface area contributed by atoms with Crippen LogP contribution in [0, 0.1) is 0 Å². The van der Waals surface area contributed by atoms with Crippen LogP contribution >= 0.6 is 0 Å². The molecular formula is C23H36N2O3. The fourth-order valence-electron chi connectivity index (χ4n) is 4.93. The lowest BCUT2D eigenvalue weighted by molar-refractivity contribution is -0.122. The van der Waals surface area contributed by atoms with E-state index in [0.717, 1.165) is 17.9 Å². The first-order valence-electron chi connectivity index (χ1n) is 10.9. The number of para-hydroxylation sites is 1. The van der Waals surface area contributed by atoms with E-state index >= 15 is 0 Å². The maximum absolute atomic E-state index is 12.6. The Morgan fingerprint density at radius 2 is 1.75 bits per heavy atom. The number of rotatable bonds is 8. The number of aryl methyl sites for hydroxylation is 1. The molecule has 156 valence electrons. The van der Waals surface area contributed by atoms with Crippen LogP contribution in [0.5, 0.6) is 11.5 Å². The van der Waals surface area contributed by atoms with Gasteiger partial charge < -0.3 is 14.8 Å². The molecule has 1 aromatic rings. The van der Waals surface area contributed by atoms with Gasteiger partial charge in [0.05, 0.1) is 14.2 Å². The summed E-state index contributed by atoms with van der Waals surface area (Å²) in [6.45, 7) is 3.18. The van der Waals surface area contributed by atoms with Crippen molar-refractivity contribution >= 4 is 5.91 Å². The Morgan fingerprint density at radius 3 is 2.43 bits per heavy atom. The summed E-state index contributed by atoms with van der Waals surface area (Å²) in [5, 5.41) is 3.27. The van der Waals surface area contributed by atoms with E-state index in [-0.39, 0.29) is 11.4 Å². The third kappa shape index (κ3) is 4.99. The van der Waals surface area contributed by atoms with Crippen LogP contribution in [-0.2, 0) is 11.2 Å². The largest absolute Gasteiger partial charge is 0.493 e. The van der Waals surface area contributed by atoms with Gasteiger partial charge in [0, 0.05) is 18.5 Å². The van der Waals surface area contributed by atoms with E-state index in [9.17, 15) is 4.79 Å². The van der Waals surface area contributed by atoms with Crippen LogP contribution in [0.1, 0.15) is 63.4 Å². The lowest BCUT2D eigenvalue weighted by atomic mass is 9.79. The van der Waals surface area contributed by atoms with Gasteiger partial charge in [-0.1, -0.05) is 37.8 Å². The molecule has 1 saturated heterocycles. The monoisotopic (exact) mass is 388 g/mol. The van der Waals surface area contributed by atoms with Crippen LogP contribution in [0.3, 0.4) is 0 Å². The van der Waals surface area contributed by atoms with Crippen molar-refractivity contribution in [1.29, 1.82) is 0 Å². The third-order valence-electron chi connectivity index (χ3n) is 6.53. The van der Waals surface area contributed by atoms with E-state index in [1.807, 2.05) is 18.2 Å². The molecule has 1 aromatic carbocycles. The number of piperidine rings is 1. The summed E-state index contributed by atoms with van der Waals surface area (Å²) in [5.74, 6) is 1.58. The number of benzene rings is 1. The Bertz CT molecular complexity index is 635. The molecule has 0 spiro atoms. The number of carbonyl (C=O) groups excluding carboxylic acids is 1. The summed E-state index contributed by atoms with van der Waals surface area (Å²) in [5.41, 5.74) is 1.20. The van der Waals surface area contributed by atoms with Gasteiger partial charge in [-0.3, -0.25) is 9.69 Å². The number of ether oxygens (including phenoxy) is 2. The number of amides is 1. The van der Waals surface area contributed by atoms with Crippen molar-refractivity contribution in [2.75, 3.05) is 33.9 Å². The molecule has 28 heavy (non-hydrogen) atoms. The molecule has 2 fully saturated rings. The second kappa shape index (κ2) is 10.1. The summed E-state index contributed by atoms with van der Waals surface area (Å²) < 4.78 is 10.8. The zero-order chi connectivity index (χ0) is 19.8. The van der Waals surface area contributed by atoms with Crippen LogP contribution < -0.4 is 14.8 Å². The molecule has 0 unspecified atom stereocenters. The van der Waals surface area contributed by atoms with Crippen molar-refractivity contribution in [3.8, 4) is 11.5 Å². The van der Waals surface area contributed by atoms with Gasteiger partial charge in [-0.15, -0.1) is 0 Å². The highest BCUT2D eigenvalue weighted by Crippen LogP contribution is 2.35. The van der Waals surface area contributed by atoms with Gasteiger partial charge in [0.2, 0.25) is 5.91 Å². The molecular weight excluding hydrogens is 352 g/mol. The van der Waals surface area contributed by atoms with Gasteiger partial charge in [0.1, 0.15) is 0 Å². The Hall–Kier alpha value is -1.75. The lowest BCUT2D eigenvalue weighted by Gasteiger charge is -2.48. The molecule has 0 bridgehead atoms. The van der Waals surface area contributed by atoms with Crippen LogP contribution in [0.25, 0.3) is 0 Å². The van der Waals surface area contributed by atoms with Gasteiger partial charge >= 0.3 is 0 Å². The van der Waals surface area contributed by atoms with Gasteiger partial charge in [-0.2, -0.15) is 0 Å². The predicted octanol–water partition coefficient (Wildman–Crippen LogP) is 3.94. The van der Waals surface area contributed by atoms with Gasteiger partial charge in [0.15, 0.2) is 11.5 Å². The summed E-state index contributed by atoms with van der Waals surface area (Å²) in [4.78, 5) is 15.3. The number of likely N-dealkylation sites (tertiary alicyclic amines) is 1. The van der Waals surface area contributed by atoms with E-state index in [4.69, 9.17) is 9.47 Å². The average Bonchev–Trinajstić information content (AvgIpc) is 2.77. The minimum Gasteiger partial charge on any atom is -0.493 e. The summed E-state index contributed by atoms with van der Waals surface area (Å²) >= 11 is 0. The quantitative estimate of drug-likeness (QED) is 0.733. The predicted molar refractivity (Wildman–Crippen MR) is 112 cm³/mol. The molecule has 0 aromatic heterocycles. The van der Waals surface area contributed by atoms with E-state index in [2.05, 4.69) is 10.2 Å². The fourth-order valence-corrected chi connectivity index (χ4v) is 4.93. The standard InChI is InChI=1S/C23H36N2O3/c1-27-20-11-9-10-19(22(20)28-2)12-13-21(26)24-18-23(14-5-3-6-15-23)25-16-7-4-8-17-25/h9-11H,3-8,12-18H2,1-2H3,(H,24,26). The van der Waals surface area contributed by atoms with Crippen LogP contribution in [-0.4, -0.2) is 50.2 Å². The second-order valence-corrected chi connectivity index (χ2v) is 8.26. The highest BCUT2D eigenvalue weighted by atomic mass is 16.5. The van der Waals surface area contributed by atoms with Crippen molar-refractivity contribution in [2.45, 2.75) is 69.7 Å². The molecule has 1 amide bonds. The molecule has 0 atom stereocenters. The normalized spacial score (nSPS) is 19.8. The number of nitrogens with zero attached hydrogens (tertiary/aromatic N) is 1. The highest BCUT2D eigenvalue weighted by Gasteiger charge is 2.38. The summed E-state index contributed by atoms with van der Waals surface area (Å²) in [6, 6.07) is 5.83. The molecule has 1 aliphatic carbocycles. The summed E-state index contributed by atoms with van der Waals surface area (Å²) in [6.07, 6.45) is 11.4. The van der Waals surface area contributed by atoms with Crippen LogP contribution in [0.4, 0.5) is 0 Å². The number of carbonyl (C=O) groups is 1. The molecule has 3 rings (SSSR count). The van der Waals surface area contributed by atoms with Crippen molar-refractivity contribution in [1.82, 2.24) is 10.2 Å². The van der Waals surface area contributed by atoms with Gasteiger partial charge in [-0.25, -0.2) is 0 Å². The zero-order valence-electron chi connectivity index (χ0n) is 17.6. The average molecular weight is 389 g/mol. The van der Waals surface area contributed by atoms with Crippen molar-refractivity contribution in [3.63, 3.8) is 0 Å². The van der Waals surface area contributed by atoms with Crippen LogP contribution in [0.2, 0.25) is 0 Å². The Labute approximate surface area is 169 Å². The Morgan fingerprint density at radius 1 is 1.04 bits per heavy atom. The van der Waals surface area contributed by atoms with Crippen molar-refractivity contribution in [2.24, 2.45) is 0 Å². The smallest absolute Gasteiger partial charge is 0.220 e. The first-order valence-corrected chi connectivity index (χ1v) is 10.9. The fraction of sp³-hybridized carbons (Fsp3) is 0.696. The van der Waals surface area contributed by atoms with Crippen LogP contribution in [0.15, 0.2) is 18.2 Å². The summed E-state index contributed by atoms with van der Waals surface area (Å²) in [7, 11) is 3.28. The number of methoxy groups -OCH3 is 2. The van der Waals surface area contributed by atoms with Crippen molar-refractivity contribution in [3.05, 3.63) is 23.8 Å². The molecule has 1 N–H and O–H groups in total. The minimum atomic E-state index is 0.131. The maximum atomic E-state index is 12.6. The molecule has 5 heteroatoms.